The summed E-state index contributed by atoms with van der Waals surface area (Å²) in [6.45, 7) is 0. The van der Waals surface area contributed by atoms with E-state index in [4.69, 9.17) is 16.7 Å². The molecule has 13 heavy (non-hydrogen) atoms. The van der Waals surface area contributed by atoms with E-state index in [0.29, 0.717) is 5.56 Å². The van der Waals surface area contributed by atoms with Crippen LogP contribution in [0.5, 0.6) is 0 Å². The van der Waals surface area contributed by atoms with E-state index in [1.54, 1.807) is 0 Å². The van der Waals surface area contributed by atoms with Gasteiger partial charge in [0.2, 0.25) is 5.82 Å². The monoisotopic (exact) mass is 196 g/mol. The van der Waals surface area contributed by atoms with Crippen LogP contribution in [-0.4, -0.2) is 26.9 Å². The van der Waals surface area contributed by atoms with Crippen molar-refractivity contribution in [1.29, 1.82) is 0 Å². The van der Waals surface area contributed by atoms with Gasteiger partial charge in [-0.1, -0.05) is 11.8 Å². The lowest BCUT2D eigenvalue weighted by Gasteiger charge is -1.91. The molecule has 1 aromatic rings. The fraction of sp³-hybridized carbons (Fsp3) is 0.125. The first-order valence-corrected chi connectivity index (χ1v) is 3.87. The Morgan fingerprint density at radius 3 is 2.62 bits per heavy atom. The molecule has 1 N–H and O–H groups in total. The van der Waals surface area contributed by atoms with Crippen molar-refractivity contribution in [3.8, 4) is 11.8 Å². The summed E-state index contributed by atoms with van der Waals surface area (Å²) in [6, 6.07) is 0. The molecule has 0 fully saturated rings. The minimum absolute atomic E-state index is 0.223. The van der Waals surface area contributed by atoms with Gasteiger partial charge in [0.25, 0.3) is 0 Å². The number of carboxylic acids is 1. The maximum Gasteiger partial charge on any atom is 0.373 e. The Bertz CT molecular complexity index is 364. The van der Waals surface area contributed by atoms with Crippen LogP contribution < -0.4 is 0 Å². The first-order chi connectivity index (χ1) is 6.24. The molecule has 0 saturated carbocycles. The van der Waals surface area contributed by atoms with Gasteiger partial charge in [-0.2, -0.15) is 0 Å². The number of nitrogens with zero attached hydrogens (tertiary/aromatic N) is 2. The van der Waals surface area contributed by atoms with Gasteiger partial charge in [0, 0.05) is 12.4 Å². The fourth-order valence-corrected chi connectivity index (χ4v) is 0.705. The van der Waals surface area contributed by atoms with Crippen LogP contribution in [-0.2, 0) is 0 Å². The Kier molecular flexibility index (Phi) is 3.23. The average Bonchev–Trinajstić information content (AvgIpc) is 2.15. The number of rotatable bonds is 1. The standard InChI is InChI=1S/C8H5ClN2O2/c9-3-1-2-6-4-10-7(8(12)13)11-5-6/h4-5H,3H2,(H,12,13). The highest BCUT2D eigenvalue weighted by atomic mass is 35.5. The second-order valence-electron chi connectivity index (χ2n) is 2.04. The molecule has 1 rings (SSSR count). The molecule has 0 aromatic carbocycles. The number of carbonyl (C=O) groups is 1. The minimum atomic E-state index is -1.16. The Balaban J connectivity index is 2.87. The minimum Gasteiger partial charge on any atom is -0.475 e. The molecule has 0 amide bonds. The Morgan fingerprint density at radius 2 is 2.15 bits per heavy atom. The fourth-order valence-electron chi connectivity index (χ4n) is 0.638. The molecule has 0 unspecified atom stereocenters. The van der Waals surface area contributed by atoms with Crippen molar-refractivity contribution in [3.63, 3.8) is 0 Å². The van der Waals surface area contributed by atoms with Crippen LogP contribution in [0.1, 0.15) is 16.2 Å². The van der Waals surface area contributed by atoms with Gasteiger partial charge in [-0.3, -0.25) is 0 Å². The van der Waals surface area contributed by atoms with E-state index >= 15 is 0 Å². The highest BCUT2D eigenvalue weighted by Gasteiger charge is 2.03. The van der Waals surface area contributed by atoms with Crippen LogP contribution in [0.4, 0.5) is 0 Å². The molecule has 0 aliphatic rings. The van der Waals surface area contributed by atoms with Gasteiger partial charge >= 0.3 is 5.97 Å². The normalized spacial score (nSPS) is 8.69. The number of carboxylic acid groups (broad SMARTS) is 1. The molecule has 66 valence electrons. The topological polar surface area (TPSA) is 63.1 Å². The molecule has 4 nitrogen and oxygen atoms in total. The van der Waals surface area contributed by atoms with E-state index in [2.05, 4.69) is 21.8 Å². The second-order valence-corrected chi connectivity index (χ2v) is 2.30. The third kappa shape index (κ3) is 2.73. The summed E-state index contributed by atoms with van der Waals surface area (Å²) in [5.74, 6) is 4.09. The zero-order valence-corrected chi connectivity index (χ0v) is 7.25. The highest BCUT2D eigenvalue weighted by molar-refractivity contribution is 6.19. The van der Waals surface area contributed by atoms with Gasteiger partial charge in [0.15, 0.2) is 0 Å². The van der Waals surface area contributed by atoms with Crippen molar-refractivity contribution in [2.75, 3.05) is 5.88 Å². The van der Waals surface area contributed by atoms with Crippen molar-refractivity contribution >= 4 is 17.6 Å². The third-order valence-electron chi connectivity index (χ3n) is 1.14. The summed E-state index contributed by atoms with van der Waals surface area (Å²) in [7, 11) is 0. The van der Waals surface area contributed by atoms with Crippen LogP contribution in [0.15, 0.2) is 12.4 Å². The number of hydrogen-bond donors (Lipinski definition) is 1. The summed E-state index contributed by atoms with van der Waals surface area (Å²) in [5, 5.41) is 8.47. The molecule has 1 aromatic heterocycles. The predicted octanol–water partition coefficient (Wildman–Crippen LogP) is 0.765. The zero-order chi connectivity index (χ0) is 9.68. The Labute approximate surface area is 79.6 Å². The van der Waals surface area contributed by atoms with Crippen LogP contribution in [0.25, 0.3) is 0 Å². The number of alkyl halides is 1. The van der Waals surface area contributed by atoms with Crippen molar-refractivity contribution in [2.24, 2.45) is 0 Å². The number of hydrogen-bond acceptors (Lipinski definition) is 3. The molecule has 0 saturated heterocycles. The second kappa shape index (κ2) is 4.43. The highest BCUT2D eigenvalue weighted by Crippen LogP contribution is 1.93. The predicted molar refractivity (Wildman–Crippen MR) is 46.6 cm³/mol. The number of aromatic carboxylic acids is 1. The van der Waals surface area contributed by atoms with Crippen LogP contribution in [0.2, 0.25) is 0 Å². The van der Waals surface area contributed by atoms with E-state index < -0.39 is 5.97 Å². The number of aromatic nitrogens is 2. The summed E-state index contributed by atoms with van der Waals surface area (Å²) in [6.07, 6.45) is 2.69. The van der Waals surface area contributed by atoms with E-state index in [0.717, 1.165) is 0 Å². The first kappa shape index (κ1) is 9.49. The molecule has 0 bridgehead atoms. The van der Waals surface area contributed by atoms with Crippen molar-refractivity contribution in [2.45, 2.75) is 0 Å². The SMILES string of the molecule is O=C(O)c1ncc(C#CCCl)cn1. The maximum absolute atomic E-state index is 10.3. The molecule has 5 heteroatoms. The molecule has 0 atom stereocenters. The van der Waals surface area contributed by atoms with E-state index in [-0.39, 0.29) is 11.7 Å². The molecule has 0 aliphatic carbocycles. The zero-order valence-electron chi connectivity index (χ0n) is 6.49. The van der Waals surface area contributed by atoms with Gasteiger partial charge in [-0.25, -0.2) is 14.8 Å². The van der Waals surface area contributed by atoms with Gasteiger partial charge in [0.05, 0.1) is 11.4 Å². The molecule has 0 spiro atoms. The summed E-state index contributed by atoms with van der Waals surface area (Å²) in [5.41, 5.74) is 0.547. The van der Waals surface area contributed by atoms with Crippen LogP contribution >= 0.6 is 11.6 Å². The molecular weight excluding hydrogens is 192 g/mol. The van der Waals surface area contributed by atoms with E-state index in [1.807, 2.05) is 0 Å². The van der Waals surface area contributed by atoms with Gasteiger partial charge in [-0.05, 0) is 0 Å². The first-order valence-electron chi connectivity index (χ1n) is 3.34. The number of halogens is 1. The lowest BCUT2D eigenvalue weighted by molar-refractivity contribution is 0.0683. The van der Waals surface area contributed by atoms with Crippen molar-refractivity contribution in [1.82, 2.24) is 9.97 Å². The summed E-state index contributed by atoms with van der Waals surface area (Å²) >= 11 is 5.32. The largest absolute Gasteiger partial charge is 0.475 e. The quantitative estimate of drug-likeness (QED) is 0.532. The van der Waals surface area contributed by atoms with Crippen LogP contribution in [0.3, 0.4) is 0 Å². The third-order valence-corrected chi connectivity index (χ3v) is 1.28. The average molecular weight is 197 g/mol. The van der Waals surface area contributed by atoms with Gasteiger partial charge < -0.3 is 5.11 Å². The summed E-state index contributed by atoms with van der Waals surface area (Å²) in [4.78, 5) is 17.5. The van der Waals surface area contributed by atoms with Crippen LogP contribution in [0, 0.1) is 11.8 Å². The molecule has 0 radical (unpaired) electrons. The van der Waals surface area contributed by atoms with Crippen molar-refractivity contribution < 1.29 is 9.90 Å². The lowest BCUT2D eigenvalue weighted by Crippen LogP contribution is -2.03. The molecular formula is C8H5ClN2O2. The summed E-state index contributed by atoms with van der Waals surface area (Å²) < 4.78 is 0. The molecule has 0 aliphatic heterocycles. The van der Waals surface area contributed by atoms with Gasteiger partial charge in [0.1, 0.15) is 0 Å². The Morgan fingerprint density at radius 1 is 1.54 bits per heavy atom. The lowest BCUT2D eigenvalue weighted by atomic mass is 10.3. The Hall–Kier alpha value is -1.60. The van der Waals surface area contributed by atoms with E-state index in [9.17, 15) is 4.79 Å². The van der Waals surface area contributed by atoms with Gasteiger partial charge in [-0.15, -0.1) is 11.6 Å². The van der Waals surface area contributed by atoms with Crippen molar-refractivity contribution in [3.05, 3.63) is 23.8 Å². The van der Waals surface area contributed by atoms with E-state index in [1.165, 1.54) is 12.4 Å². The smallest absolute Gasteiger partial charge is 0.373 e. The maximum atomic E-state index is 10.3. The molecule has 1 heterocycles.